The molecule has 7 heteroatoms. The minimum Gasteiger partial charge on any atom is -0.385 e. The molecule has 0 unspecified atom stereocenters. The minimum absolute atomic E-state index is 0.0133. The number of rotatable bonds is 9. The molecule has 0 saturated carbocycles. The zero-order valence-corrected chi connectivity index (χ0v) is 16.0. The van der Waals surface area contributed by atoms with Gasteiger partial charge in [0.1, 0.15) is 10.8 Å². The quantitative estimate of drug-likeness (QED) is 0.451. The van der Waals surface area contributed by atoms with Crippen molar-refractivity contribution in [3.8, 4) is 0 Å². The Balaban J connectivity index is 1.64. The van der Waals surface area contributed by atoms with E-state index in [2.05, 4.69) is 14.9 Å². The Morgan fingerprint density at radius 1 is 1.26 bits per heavy atom. The Kier molecular flexibility index (Phi) is 6.84. The number of ether oxygens (including phenoxy) is 1. The van der Waals surface area contributed by atoms with Crippen molar-refractivity contribution in [2.45, 2.75) is 18.0 Å². The Morgan fingerprint density at radius 2 is 2.07 bits per heavy atom. The van der Waals surface area contributed by atoms with Gasteiger partial charge in [0.15, 0.2) is 0 Å². The van der Waals surface area contributed by atoms with Gasteiger partial charge in [0.05, 0.1) is 11.3 Å². The van der Waals surface area contributed by atoms with Gasteiger partial charge in [-0.25, -0.2) is 9.37 Å². The number of benzene rings is 1. The van der Waals surface area contributed by atoms with Crippen LogP contribution in [0.25, 0.3) is 10.9 Å². The number of hydrogen-bond donors (Lipinski definition) is 1. The summed E-state index contributed by atoms with van der Waals surface area (Å²) in [6.07, 6.45) is 4.54. The number of hydrogen-bond acceptors (Lipinski definition) is 4. The number of aromatic nitrogens is 2. The molecule has 0 spiro atoms. The molecule has 3 aromatic rings. The molecule has 0 aliphatic carbocycles. The maximum atomic E-state index is 13.1. The Bertz CT molecular complexity index is 896. The maximum absolute atomic E-state index is 13.1. The van der Waals surface area contributed by atoms with Gasteiger partial charge in [-0.2, -0.15) is 0 Å². The number of nitrogens with one attached hydrogen (secondary N) is 1. The topological polar surface area (TPSA) is 56.1 Å². The predicted octanol–water partition coefficient (Wildman–Crippen LogP) is 3.47. The highest BCUT2D eigenvalue weighted by molar-refractivity contribution is 8.00. The summed E-state index contributed by atoms with van der Waals surface area (Å²) in [6, 6.07) is 10.5. The summed E-state index contributed by atoms with van der Waals surface area (Å²) in [7, 11) is 1.65. The van der Waals surface area contributed by atoms with Gasteiger partial charge in [-0.1, -0.05) is 23.9 Å². The van der Waals surface area contributed by atoms with E-state index in [1.807, 2.05) is 18.3 Å². The molecule has 1 amide bonds. The van der Waals surface area contributed by atoms with Crippen molar-refractivity contribution in [1.82, 2.24) is 14.9 Å². The van der Waals surface area contributed by atoms with Crippen molar-refractivity contribution in [3.05, 3.63) is 60.2 Å². The molecule has 0 aliphatic heterocycles. The van der Waals surface area contributed by atoms with Crippen molar-refractivity contribution in [2.24, 2.45) is 0 Å². The molecule has 0 atom stereocenters. The standard InChI is InChI=1S/C20H22FN3O2S/c1-26-12-2-9-22-19(25)14-27-20-17-8-11-24(18(17)7-10-23-20)13-15-3-5-16(21)6-4-15/h3-8,10-11H,2,9,12-14H2,1H3,(H,22,25). The van der Waals surface area contributed by atoms with E-state index in [1.165, 1.54) is 23.9 Å². The third-order valence-electron chi connectivity index (χ3n) is 4.11. The largest absolute Gasteiger partial charge is 0.385 e. The summed E-state index contributed by atoms with van der Waals surface area (Å²) in [5.74, 6) is 0.0718. The summed E-state index contributed by atoms with van der Waals surface area (Å²) in [6.45, 7) is 1.90. The monoisotopic (exact) mass is 387 g/mol. The van der Waals surface area contributed by atoms with Crippen LogP contribution in [0.4, 0.5) is 4.39 Å². The number of methoxy groups -OCH3 is 1. The molecule has 2 heterocycles. The second-order valence-corrected chi connectivity index (χ2v) is 7.07. The second-order valence-electron chi connectivity index (χ2n) is 6.10. The van der Waals surface area contributed by atoms with Gasteiger partial charge < -0.3 is 14.6 Å². The Hall–Kier alpha value is -2.38. The minimum atomic E-state index is -0.237. The van der Waals surface area contributed by atoms with Crippen molar-refractivity contribution in [1.29, 1.82) is 0 Å². The molecule has 1 aromatic carbocycles. The summed E-state index contributed by atoms with van der Waals surface area (Å²) in [5.41, 5.74) is 2.06. The third-order valence-corrected chi connectivity index (χ3v) is 5.12. The molecule has 2 aromatic heterocycles. The average molecular weight is 387 g/mol. The average Bonchev–Trinajstić information content (AvgIpc) is 3.09. The first kappa shape index (κ1) is 19.4. The molecule has 0 aliphatic rings. The number of carbonyl (C=O) groups is 1. The molecule has 3 rings (SSSR count). The predicted molar refractivity (Wildman–Crippen MR) is 105 cm³/mol. The summed E-state index contributed by atoms with van der Waals surface area (Å²) < 4.78 is 20.1. The highest BCUT2D eigenvalue weighted by Crippen LogP contribution is 2.27. The van der Waals surface area contributed by atoms with E-state index in [4.69, 9.17) is 4.74 Å². The van der Waals surface area contributed by atoms with Crippen LogP contribution < -0.4 is 5.32 Å². The van der Waals surface area contributed by atoms with Gasteiger partial charge in [-0.15, -0.1) is 0 Å². The van der Waals surface area contributed by atoms with Gasteiger partial charge in [0.2, 0.25) is 5.91 Å². The second kappa shape index (κ2) is 9.53. The number of amides is 1. The van der Waals surface area contributed by atoms with Crippen molar-refractivity contribution < 1.29 is 13.9 Å². The summed E-state index contributed by atoms with van der Waals surface area (Å²) >= 11 is 1.43. The molecule has 1 N–H and O–H groups in total. The van der Waals surface area contributed by atoms with Crippen LogP contribution in [0, 0.1) is 5.82 Å². The first-order valence-electron chi connectivity index (χ1n) is 8.74. The zero-order valence-electron chi connectivity index (χ0n) is 15.2. The summed E-state index contributed by atoms with van der Waals surface area (Å²) in [4.78, 5) is 16.4. The molecule has 5 nitrogen and oxygen atoms in total. The normalized spacial score (nSPS) is 11.0. The van der Waals surface area contributed by atoms with Crippen molar-refractivity contribution >= 4 is 28.6 Å². The van der Waals surface area contributed by atoms with Crippen LogP contribution in [0.2, 0.25) is 0 Å². The third kappa shape index (κ3) is 5.30. The van der Waals surface area contributed by atoms with E-state index in [9.17, 15) is 9.18 Å². The van der Waals surface area contributed by atoms with Crippen LogP contribution in [-0.2, 0) is 16.1 Å². The molecular weight excluding hydrogens is 365 g/mol. The number of carbonyl (C=O) groups excluding carboxylic acids is 1. The molecule has 0 saturated heterocycles. The van der Waals surface area contributed by atoms with E-state index >= 15 is 0 Å². The Labute approximate surface area is 161 Å². The summed E-state index contributed by atoms with van der Waals surface area (Å²) in [5, 5.41) is 4.72. The van der Waals surface area contributed by atoms with Gasteiger partial charge in [-0.05, 0) is 36.2 Å². The lowest BCUT2D eigenvalue weighted by atomic mass is 10.2. The van der Waals surface area contributed by atoms with Crippen LogP contribution in [0.1, 0.15) is 12.0 Å². The lowest BCUT2D eigenvalue weighted by molar-refractivity contribution is -0.118. The molecular formula is C20H22FN3O2S. The number of pyridine rings is 1. The molecule has 0 radical (unpaired) electrons. The SMILES string of the molecule is COCCCNC(=O)CSc1nccc2c1ccn2Cc1ccc(F)cc1. The number of halogens is 1. The van der Waals surface area contributed by atoms with E-state index in [-0.39, 0.29) is 11.7 Å². The molecule has 0 fully saturated rings. The van der Waals surface area contributed by atoms with Gasteiger partial charge in [0.25, 0.3) is 0 Å². The van der Waals surface area contributed by atoms with Crippen molar-refractivity contribution in [3.63, 3.8) is 0 Å². The van der Waals surface area contributed by atoms with Gasteiger partial charge in [0, 0.05) is 44.6 Å². The highest BCUT2D eigenvalue weighted by atomic mass is 32.2. The molecule has 142 valence electrons. The van der Waals surface area contributed by atoms with Crippen LogP contribution in [0.5, 0.6) is 0 Å². The Morgan fingerprint density at radius 3 is 2.85 bits per heavy atom. The fraction of sp³-hybridized carbons (Fsp3) is 0.300. The van der Waals surface area contributed by atoms with Crippen molar-refractivity contribution in [2.75, 3.05) is 26.0 Å². The highest BCUT2D eigenvalue weighted by Gasteiger charge is 2.10. The van der Waals surface area contributed by atoms with E-state index < -0.39 is 0 Å². The van der Waals surface area contributed by atoms with Crippen LogP contribution >= 0.6 is 11.8 Å². The maximum Gasteiger partial charge on any atom is 0.230 e. The van der Waals surface area contributed by atoms with Crippen LogP contribution in [0.15, 0.2) is 53.8 Å². The fourth-order valence-electron chi connectivity index (χ4n) is 2.77. The zero-order chi connectivity index (χ0) is 19.1. The van der Waals surface area contributed by atoms with Gasteiger partial charge in [-0.3, -0.25) is 4.79 Å². The molecule has 27 heavy (non-hydrogen) atoms. The number of nitrogens with zero attached hydrogens (tertiary/aromatic N) is 2. The van der Waals surface area contributed by atoms with Gasteiger partial charge >= 0.3 is 0 Å². The fourth-order valence-corrected chi connectivity index (χ4v) is 3.60. The van der Waals surface area contributed by atoms with E-state index in [1.54, 1.807) is 25.4 Å². The lowest BCUT2D eigenvalue weighted by Gasteiger charge is -2.08. The van der Waals surface area contributed by atoms with E-state index in [0.717, 1.165) is 27.9 Å². The van der Waals surface area contributed by atoms with E-state index in [0.29, 0.717) is 25.4 Å². The first-order chi connectivity index (χ1) is 13.2. The van der Waals surface area contributed by atoms with Crippen LogP contribution in [0.3, 0.4) is 0 Å². The number of fused-ring (bicyclic) bond motifs is 1. The first-order valence-corrected chi connectivity index (χ1v) is 9.72. The number of thioether (sulfide) groups is 1. The molecule has 0 bridgehead atoms. The van der Waals surface area contributed by atoms with Crippen LogP contribution in [-0.4, -0.2) is 41.5 Å². The lowest BCUT2D eigenvalue weighted by Crippen LogP contribution is -2.26. The smallest absolute Gasteiger partial charge is 0.230 e.